The highest BCUT2D eigenvalue weighted by atomic mass is 16.5. The Balaban J connectivity index is 2.07. The van der Waals surface area contributed by atoms with Gasteiger partial charge in [-0.1, -0.05) is 24.3 Å². The molecule has 0 saturated carbocycles. The molecule has 0 spiro atoms. The van der Waals surface area contributed by atoms with Crippen LogP contribution in [-0.4, -0.2) is 36.6 Å². The van der Waals surface area contributed by atoms with Gasteiger partial charge in [-0.05, 0) is 32.2 Å². The van der Waals surface area contributed by atoms with Gasteiger partial charge in [0.15, 0.2) is 0 Å². The van der Waals surface area contributed by atoms with E-state index in [4.69, 9.17) is 10.5 Å². The number of nitrogens with two attached hydrogens (primary N) is 1. The number of para-hydroxylation sites is 1. The zero-order chi connectivity index (χ0) is 15.8. The molecule has 4 heteroatoms. The van der Waals surface area contributed by atoms with Crippen LogP contribution in [0.1, 0.15) is 24.2 Å². The number of aromatic nitrogens is 1. The second kappa shape index (κ2) is 8.51. The van der Waals surface area contributed by atoms with Crippen LogP contribution in [0.15, 0.2) is 48.7 Å². The lowest BCUT2D eigenvalue weighted by Gasteiger charge is -2.28. The van der Waals surface area contributed by atoms with Crippen molar-refractivity contribution in [3.63, 3.8) is 0 Å². The van der Waals surface area contributed by atoms with Crippen molar-refractivity contribution in [2.45, 2.75) is 19.4 Å². The molecule has 2 N–H and O–H groups in total. The highest BCUT2D eigenvalue weighted by Crippen LogP contribution is 2.28. The standard InChI is InChI=1S/C18H25N3O/c1-3-22-18-10-5-4-9-16(18)17(14-19)21(2)13-11-15-8-6-7-12-20-15/h4-10,12,17H,3,11,13-14,19H2,1-2H3. The molecule has 0 aliphatic heterocycles. The first-order valence-corrected chi connectivity index (χ1v) is 7.78. The molecule has 1 aromatic carbocycles. The van der Waals surface area contributed by atoms with Crippen molar-refractivity contribution in [1.29, 1.82) is 0 Å². The van der Waals surface area contributed by atoms with E-state index in [1.54, 1.807) is 0 Å². The number of benzene rings is 1. The van der Waals surface area contributed by atoms with E-state index in [2.05, 4.69) is 29.1 Å². The van der Waals surface area contributed by atoms with E-state index >= 15 is 0 Å². The fourth-order valence-corrected chi connectivity index (χ4v) is 2.58. The van der Waals surface area contributed by atoms with Gasteiger partial charge in [-0.15, -0.1) is 0 Å². The van der Waals surface area contributed by atoms with Crippen molar-refractivity contribution in [1.82, 2.24) is 9.88 Å². The summed E-state index contributed by atoms with van der Waals surface area (Å²) in [6.45, 7) is 4.12. The molecule has 22 heavy (non-hydrogen) atoms. The summed E-state index contributed by atoms with van der Waals surface area (Å²) >= 11 is 0. The van der Waals surface area contributed by atoms with Gasteiger partial charge in [0.2, 0.25) is 0 Å². The Morgan fingerprint density at radius 1 is 1.18 bits per heavy atom. The van der Waals surface area contributed by atoms with Crippen LogP contribution in [0.25, 0.3) is 0 Å². The van der Waals surface area contributed by atoms with Crippen molar-refractivity contribution in [3.8, 4) is 5.75 Å². The van der Waals surface area contributed by atoms with Crippen molar-refractivity contribution in [2.75, 3.05) is 26.7 Å². The fourth-order valence-electron chi connectivity index (χ4n) is 2.58. The second-order valence-corrected chi connectivity index (χ2v) is 5.27. The van der Waals surface area contributed by atoms with Crippen LogP contribution in [0.4, 0.5) is 0 Å². The molecular weight excluding hydrogens is 274 g/mol. The van der Waals surface area contributed by atoms with Gasteiger partial charge >= 0.3 is 0 Å². The summed E-state index contributed by atoms with van der Waals surface area (Å²) < 4.78 is 5.74. The zero-order valence-electron chi connectivity index (χ0n) is 13.4. The molecule has 1 unspecified atom stereocenters. The zero-order valence-corrected chi connectivity index (χ0v) is 13.4. The number of ether oxygens (including phenoxy) is 1. The molecule has 0 fully saturated rings. The van der Waals surface area contributed by atoms with Gasteiger partial charge in [0.05, 0.1) is 12.6 Å². The summed E-state index contributed by atoms with van der Waals surface area (Å²) in [4.78, 5) is 6.64. The number of hydrogen-bond donors (Lipinski definition) is 1. The van der Waals surface area contributed by atoms with Crippen LogP contribution in [0.2, 0.25) is 0 Å². The van der Waals surface area contributed by atoms with Crippen molar-refractivity contribution >= 4 is 0 Å². The quantitative estimate of drug-likeness (QED) is 0.814. The van der Waals surface area contributed by atoms with E-state index in [0.717, 1.165) is 30.0 Å². The van der Waals surface area contributed by atoms with E-state index in [9.17, 15) is 0 Å². The highest BCUT2D eigenvalue weighted by Gasteiger charge is 2.19. The van der Waals surface area contributed by atoms with E-state index in [1.165, 1.54) is 0 Å². The normalized spacial score (nSPS) is 12.4. The lowest BCUT2D eigenvalue weighted by atomic mass is 10.0. The van der Waals surface area contributed by atoms with Gasteiger partial charge in [-0.2, -0.15) is 0 Å². The Labute approximate surface area is 132 Å². The molecule has 0 amide bonds. The Morgan fingerprint density at radius 2 is 1.95 bits per heavy atom. The maximum Gasteiger partial charge on any atom is 0.124 e. The minimum atomic E-state index is 0.145. The van der Waals surface area contributed by atoms with Crippen LogP contribution < -0.4 is 10.5 Å². The van der Waals surface area contributed by atoms with Gasteiger partial charge in [0, 0.05) is 37.0 Å². The lowest BCUT2D eigenvalue weighted by molar-refractivity contribution is 0.242. The summed E-state index contributed by atoms with van der Waals surface area (Å²) in [5, 5.41) is 0. The van der Waals surface area contributed by atoms with E-state index in [-0.39, 0.29) is 6.04 Å². The molecule has 0 aliphatic carbocycles. The molecule has 4 nitrogen and oxygen atoms in total. The second-order valence-electron chi connectivity index (χ2n) is 5.27. The topological polar surface area (TPSA) is 51.4 Å². The first-order valence-electron chi connectivity index (χ1n) is 7.78. The minimum Gasteiger partial charge on any atom is -0.494 e. The molecule has 118 valence electrons. The Kier molecular flexibility index (Phi) is 6.37. The van der Waals surface area contributed by atoms with Crippen molar-refractivity contribution < 1.29 is 4.74 Å². The molecule has 2 rings (SSSR count). The molecule has 1 heterocycles. The van der Waals surface area contributed by atoms with E-state index < -0.39 is 0 Å². The third-order valence-electron chi connectivity index (χ3n) is 3.78. The van der Waals surface area contributed by atoms with Crippen molar-refractivity contribution in [3.05, 3.63) is 59.9 Å². The summed E-state index contributed by atoms with van der Waals surface area (Å²) in [7, 11) is 2.10. The first kappa shape index (κ1) is 16.5. The third-order valence-corrected chi connectivity index (χ3v) is 3.78. The molecule has 0 bridgehead atoms. The molecule has 1 atom stereocenters. The van der Waals surface area contributed by atoms with Gasteiger partial charge in [-0.25, -0.2) is 0 Å². The minimum absolute atomic E-state index is 0.145. The monoisotopic (exact) mass is 299 g/mol. The summed E-state index contributed by atoms with van der Waals surface area (Å²) in [6, 6.07) is 14.3. The first-order chi connectivity index (χ1) is 10.8. The SMILES string of the molecule is CCOc1ccccc1C(CN)N(C)CCc1ccccn1. The largest absolute Gasteiger partial charge is 0.494 e. The number of rotatable bonds is 8. The van der Waals surface area contributed by atoms with Gasteiger partial charge in [0.25, 0.3) is 0 Å². The predicted octanol–water partition coefficient (Wildman–Crippen LogP) is 2.65. The summed E-state index contributed by atoms with van der Waals surface area (Å²) in [5.74, 6) is 0.921. The predicted molar refractivity (Wildman–Crippen MR) is 90.0 cm³/mol. The van der Waals surface area contributed by atoms with Crippen LogP contribution in [0, 0.1) is 0 Å². The Morgan fingerprint density at radius 3 is 2.64 bits per heavy atom. The Bertz CT molecular complexity index is 559. The number of nitrogens with zero attached hydrogens (tertiary/aromatic N) is 2. The van der Waals surface area contributed by atoms with E-state index in [0.29, 0.717) is 13.2 Å². The highest BCUT2D eigenvalue weighted by molar-refractivity contribution is 5.36. The van der Waals surface area contributed by atoms with Crippen molar-refractivity contribution in [2.24, 2.45) is 5.73 Å². The molecule has 0 saturated heterocycles. The van der Waals surface area contributed by atoms with Crippen LogP contribution >= 0.6 is 0 Å². The fraction of sp³-hybridized carbons (Fsp3) is 0.389. The smallest absolute Gasteiger partial charge is 0.124 e. The van der Waals surface area contributed by atoms with Crippen LogP contribution in [0.5, 0.6) is 5.75 Å². The number of likely N-dealkylation sites (N-methyl/N-ethyl adjacent to an activating group) is 1. The average molecular weight is 299 g/mol. The Hall–Kier alpha value is -1.91. The van der Waals surface area contributed by atoms with Gasteiger partial charge < -0.3 is 10.5 Å². The van der Waals surface area contributed by atoms with E-state index in [1.807, 2.05) is 43.5 Å². The molecule has 0 radical (unpaired) electrons. The molecule has 1 aromatic heterocycles. The number of hydrogen-bond acceptors (Lipinski definition) is 4. The summed E-state index contributed by atoms with van der Waals surface area (Å²) in [5.41, 5.74) is 8.28. The molecular formula is C18H25N3O. The number of pyridine rings is 1. The van der Waals surface area contributed by atoms with Crippen LogP contribution in [0.3, 0.4) is 0 Å². The lowest BCUT2D eigenvalue weighted by Crippen LogP contribution is -2.32. The maximum absolute atomic E-state index is 6.03. The molecule has 0 aliphatic rings. The van der Waals surface area contributed by atoms with Gasteiger partial charge in [-0.3, -0.25) is 9.88 Å². The summed E-state index contributed by atoms with van der Waals surface area (Å²) in [6.07, 6.45) is 2.74. The molecule has 2 aromatic rings. The third kappa shape index (κ3) is 4.29. The maximum atomic E-state index is 6.03. The van der Waals surface area contributed by atoms with Crippen LogP contribution in [-0.2, 0) is 6.42 Å². The van der Waals surface area contributed by atoms with Gasteiger partial charge in [0.1, 0.15) is 5.75 Å². The average Bonchev–Trinajstić information content (AvgIpc) is 2.56.